The van der Waals surface area contributed by atoms with Gasteiger partial charge in [0.1, 0.15) is 0 Å². The summed E-state index contributed by atoms with van der Waals surface area (Å²) in [5.74, 6) is -0.201. The number of benzene rings is 2. The Balaban J connectivity index is 1.97. The molecule has 0 aliphatic carbocycles. The summed E-state index contributed by atoms with van der Waals surface area (Å²) in [7, 11) is 0. The van der Waals surface area contributed by atoms with Crippen molar-refractivity contribution < 1.29 is 9.53 Å². The van der Waals surface area contributed by atoms with Gasteiger partial charge in [-0.1, -0.05) is 47.0 Å². The lowest BCUT2D eigenvalue weighted by Crippen LogP contribution is -2.05. The Kier molecular flexibility index (Phi) is 4.01. The Morgan fingerprint density at radius 1 is 1.14 bits per heavy atom. The lowest BCUT2D eigenvalue weighted by Gasteiger charge is -1.99. The van der Waals surface area contributed by atoms with Crippen LogP contribution in [-0.4, -0.2) is 11.9 Å². The number of halogens is 2. The van der Waals surface area contributed by atoms with Gasteiger partial charge in [0, 0.05) is 15.6 Å². The van der Waals surface area contributed by atoms with Crippen molar-refractivity contribution in [1.82, 2.24) is 0 Å². The van der Waals surface area contributed by atoms with Crippen LogP contribution < -0.4 is 0 Å². The SMILES string of the molecule is Cc1cccc(C2=NC(=Cc3ccc(Cl)cc3Cl)C(=O)O2)c1. The molecule has 1 heterocycles. The minimum Gasteiger partial charge on any atom is -0.402 e. The lowest BCUT2D eigenvalue weighted by molar-refractivity contribution is -0.129. The zero-order valence-corrected chi connectivity index (χ0v) is 13.2. The number of esters is 1. The van der Waals surface area contributed by atoms with Crippen molar-refractivity contribution in [2.24, 2.45) is 4.99 Å². The molecule has 3 rings (SSSR count). The fourth-order valence-electron chi connectivity index (χ4n) is 2.08. The Labute approximate surface area is 137 Å². The Bertz CT molecular complexity index is 825. The van der Waals surface area contributed by atoms with Crippen LogP contribution in [0.3, 0.4) is 0 Å². The maximum atomic E-state index is 12.0. The van der Waals surface area contributed by atoms with E-state index in [4.69, 9.17) is 27.9 Å². The molecule has 2 aromatic carbocycles. The summed E-state index contributed by atoms with van der Waals surface area (Å²) >= 11 is 12.0. The standard InChI is InChI=1S/C17H11Cl2NO2/c1-10-3-2-4-12(7-10)16-20-15(17(21)22-16)8-11-5-6-13(18)9-14(11)19/h2-9H,1H3. The molecule has 0 saturated heterocycles. The van der Waals surface area contributed by atoms with Crippen LogP contribution in [0.4, 0.5) is 0 Å². The highest BCUT2D eigenvalue weighted by molar-refractivity contribution is 6.35. The number of cyclic esters (lactones) is 1. The Morgan fingerprint density at radius 3 is 2.68 bits per heavy atom. The van der Waals surface area contributed by atoms with E-state index in [9.17, 15) is 4.79 Å². The van der Waals surface area contributed by atoms with Crippen LogP contribution in [-0.2, 0) is 9.53 Å². The second-order valence-corrected chi connectivity index (χ2v) is 5.72. The molecule has 22 heavy (non-hydrogen) atoms. The first kappa shape index (κ1) is 14.8. The maximum Gasteiger partial charge on any atom is 0.363 e. The van der Waals surface area contributed by atoms with E-state index in [0.717, 1.165) is 11.1 Å². The molecule has 1 aliphatic heterocycles. The number of aryl methyl sites for hydroxylation is 1. The summed E-state index contributed by atoms with van der Waals surface area (Å²) in [6.45, 7) is 1.96. The quantitative estimate of drug-likeness (QED) is 0.593. The van der Waals surface area contributed by atoms with Crippen molar-refractivity contribution in [3.63, 3.8) is 0 Å². The number of nitrogens with zero attached hydrogens (tertiary/aromatic N) is 1. The van der Waals surface area contributed by atoms with E-state index in [2.05, 4.69) is 4.99 Å². The molecular formula is C17H11Cl2NO2. The molecule has 110 valence electrons. The molecule has 3 nitrogen and oxygen atoms in total. The van der Waals surface area contributed by atoms with E-state index in [1.165, 1.54) is 0 Å². The molecule has 2 aromatic rings. The van der Waals surface area contributed by atoms with Gasteiger partial charge in [0.25, 0.3) is 0 Å². The zero-order chi connectivity index (χ0) is 15.7. The number of hydrogen-bond donors (Lipinski definition) is 0. The van der Waals surface area contributed by atoms with E-state index in [1.807, 2.05) is 31.2 Å². The molecule has 0 amide bonds. The second-order valence-electron chi connectivity index (χ2n) is 4.87. The predicted molar refractivity (Wildman–Crippen MR) is 88.2 cm³/mol. The monoisotopic (exact) mass is 331 g/mol. The van der Waals surface area contributed by atoms with Crippen molar-refractivity contribution in [2.45, 2.75) is 6.92 Å². The van der Waals surface area contributed by atoms with Gasteiger partial charge in [0.15, 0.2) is 5.70 Å². The van der Waals surface area contributed by atoms with Crippen molar-refractivity contribution in [3.05, 3.63) is 74.9 Å². The number of carbonyl (C=O) groups is 1. The number of ether oxygens (including phenoxy) is 1. The Hall–Kier alpha value is -2.10. The third-order valence-electron chi connectivity index (χ3n) is 3.14. The smallest absolute Gasteiger partial charge is 0.363 e. The van der Waals surface area contributed by atoms with E-state index in [0.29, 0.717) is 21.5 Å². The first-order chi connectivity index (χ1) is 10.5. The van der Waals surface area contributed by atoms with Crippen molar-refractivity contribution in [2.75, 3.05) is 0 Å². The van der Waals surface area contributed by atoms with Crippen LogP contribution in [0.2, 0.25) is 10.0 Å². The number of hydrogen-bond acceptors (Lipinski definition) is 3. The van der Waals surface area contributed by atoms with Gasteiger partial charge in [-0.3, -0.25) is 0 Å². The van der Waals surface area contributed by atoms with Gasteiger partial charge in [-0.05, 0) is 42.8 Å². The van der Waals surface area contributed by atoms with Gasteiger partial charge in [0.2, 0.25) is 5.90 Å². The summed E-state index contributed by atoms with van der Waals surface area (Å²) in [5, 5.41) is 0.983. The highest BCUT2D eigenvalue weighted by Gasteiger charge is 2.24. The highest BCUT2D eigenvalue weighted by atomic mass is 35.5. The maximum absolute atomic E-state index is 12.0. The van der Waals surface area contributed by atoms with E-state index >= 15 is 0 Å². The minimum absolute atomic E-state index is 0.209. The molecule has 0 atom stereocenters. The van der Waals surface area contributed by atoms with Crippen LogP contribution in [0, 0.1) is 6.92 Å². The van der Waals surface area contributed by atoms with Crippen LogP contribution in [0.5, 0.6) is 0 Å². The molecular weight excluding hydrogens is 321 g/mol. The molecule has 5 heteroatoms. The summed E-state index contributed by atoms with van der Waals surface area (Å²) in [6, 6.07) is 12.6. The Morgan fingerprint density at radius 2 is 1.95 bits per heavy atom. The lowest BCUT2D eigenvalue weighted by atomic mass is 10.1. The summed E-state index contributed by atoms with van der Waals surface area (Å²) in [4.78, 5) is 16.2. The van der Waals surface area contributed by atoms with Crippen LogP contribution >= 0.6 is 23.2 Å². The molecule has 1 aliphatic rings. The van der Waals surface area contributed by atoms with Crippen LogP contribution in [0.1, 0.15) is 16.7 Å². The topological polar surface area (TPSA) is 38.7 Å². The van der Waals surface area contributed by atoms with Gasteiger partial charge in [-0.25, -0.2) is 9.79 Å². The molecule has 0 saturated carbocycles. The summed E-state index contributed by atoms with van der Waals surface area (Å²) < 4.78 is 5.22. The van der Waals surface area contributed by atoms with Gasteiger partial charge >= 0.3 is 5.97 Å². The summed E-state index contributed by atoms with van der Waals surface area (Å²) in [5.41, 5.74) is 2.70. The highest BCUT2D eigenvalue weighted by Crippen LogP contribution is 2.25. The van der Waals surface area contributed by atoms with Gasteiger partial charge in [0.05, 0.1) is 0 Å². The average molecular weight is 332 g/mol. The molecule has 0 radical (unpaired) electrons. The van der Waals surface area contributed by atoms with E-state index in [-0.39, 0.29) is 5.70 Å². The van der Waals surface area contributed by atoms with Gasteiger partial charge in [-0.2, -0.15) is 0 Å². The first-order valence-corrected chi connectivity index (χ1v) is 7.33. The fraction of sp³-hybridized carbons (Fsp3) is 0.0588. The fourth-order valence-corrected chi connectivity index (χ4v) is 2.54. The molecule has 0 unspecified atom stereocenters. The molecule has 0 N–H and O–H groups in total. The first-order valence-electron chi connectivity index (χ1n) is 6.57. The van der Waals surface area contributed by atoms with Crippen molar-refractivity contribution in [3.8, 4) is 0 Å². The van der Waals surface area contributed by atoms with Crippen LogP contribution in [0.25, 0.3) is 6.08 Å². The molecule has 0 bridgehead atoms. The predicted octanol–water partition coefficient (Wildman–Crippen LogP) is 4.65. The van der Waals surface area contributed by atoms with E-state index in [1.54, 1.807) is 24.3 Å². The van der Waals surface area contributed by atoms with Gasteiger partial charge < -0.3 is 4.74 Å². The molecule has 0 aromatic heterocycles. The van der Waals surface area contributed by atoms with Gasteiger partial charge in [-0.15, -0.1) is 0 Å². The van der Waals surface area contributed by atoms with Crippen molar-refractivity contribution in [1.29, 1.82) is 0 Å². The van der Waals surface area contributed by atoms with Crippen molar-refractivity contribution >= 4 is 41.1 Å². The summed E-state index contributed by atoms with van der Waals surface area (Å²) in [6.07, 6.45) is 1.59. The normalized spacial score (nSPS) is 15.9. The minimum atomic E-state index is -0.498. The third-order valence-corrected chi connectivity index (χ3v) is 3.70. The number of rotatable bonds is 2. The molecule has 0 fully saturated rings. The number of carbonyl (C=O) groups excluding carboxylic acids is 1. The molecule has 0 spiro atoms. The number of aliphatic imine (C=N–C) groups is 1. The zero-order valence-electron chi connectivity index (χ0n) is 11.6. The second kappa shape index (κ2) is 5.95. The van der Waals surface area contributed by atoms with E-state index < -0.39 is 5.97 Å². The third kappa shape index (κ3) is 3.06. The average Bonchev–Trinajstić information content (AvgIpc) is 2.83. The van der Waals surface area contributed by atoms with Crippen LogP contribution in [0.15, 0.2) is 53.2 Å². The largest absolute Gasteiger partial charge is 0.402 e.